The Kier molecular flexibility index (Phi) is 8.59. The summed E-state index contributed by atoms with van der Waals surface area (Å²) in [6, 6.07) is 19.8. The second-order valence-electron chi connectivity index (χ2n) is 9.11. The molecule has 0 aliphatic heterocycles. The Morgan fingerprint density at radius 2 is 1.43 bits per heavy atom. The quantitative estimate of drug-likeness (QED) is 0.227. The Hall–Kier alpha value is -4.43. The van der Waals surface area contributed by atoms with Gasteiger partial charge in [0, 0.05) is 16.9 Å². The molecule has 0 aromatic heterocycles. The summed E-state index contributed by atoms with van der Waals surface area (Å²) in [5, 5.41) is 2.59. The maximum absolute atomic E-state index is 13.2. The molecule has 4 aromatic carbocycles. The smallest absolute Gasteiger partial charge is 0.322 e. The van der Waals surface area contributed by atoms with Crippen molar-refractivity contribution in [3.05, 3.63) is 120 Å². The zero-order valence-electron chi connectivity index (χ0n) is 21.8. The van der Waals surface area contributed by atoms with E-state index in [-0.39, 0.29) is 34.1 Å². The first-order valence-electron chi connectivity index (χ1n) is 12.1. The van der Waals surface area contributed by atoms with Crippen LogP contribution in [0.4, 0.5) is 34.6 Å². The van der Waals surface area contributed by atoms with Gasteiger partial charge < -0.3 is 5.32 Å². The molecule has 4 aromatic rings. The molecule has 0 spiro atoms. The third-order valence-electron chi connectivity index (χ3n) is 5.92. The van der Waals surface area contributed by atoms with Crippen LogP contribution in [0.1, 0.15) is 21.5 Å². The van der Waals surface area contributed by atoms with Crippen molar-refractivity contribution in [2.45, 2.75) is 17.6 Å². The van der Waals surface area contributed by atoms with Crippen LogP contribution >= 0.6 is 0 Å². The van der Waals surface area contributed by atoms with Gasteiger partial charge in [0.1, 0.15) is 5.82 Å². The number of rotatable bonds is 9. The van der Waals surface area contributed by atoms with E-state index in [1.165, 1.54) is 78.9 Å². The van der Waals surface area contributed by atoms with Crippen LogP contribution in [0, 0.1) is 5.82 Å². The Bertz CT molecular complexity index is 1790. The molecule has 2 N–H and O–H groups in total. The number of nitrogens with zero attached hydrogens (tertiary/aromatic N) is 1. The summed E-state index contributed by atoms with van der Waals surface area (Å²) >= 11 is 0. The summed E-state index contributed by atoms with van der Waals surface area (Å²) in [6.45, 7) is -0.0530. The number of halogens is 4. The first kappa shape index (κ1) is 30.5. The molecule has 220 valence electrons. The van der Waals surface area contributed by atoms with E-state index in [0.717, 1.165) is 22.7 Å². The average Bonchev–Trinajstić information content (AvgIpc) is 2.92. The zero-order chi connectivity index (χ0) is 30.7. The molecule has 0 aliphatic rings. The number of hydrogen-bond donors (Lipinski definition) is 2. The Balaban J connectivity index is 1.44. The van der Waals surface area contributed by atoms with Crippen LogP contribution < -0.4 is 14.3 Å². The maximum atomic E-state index is 13.2. The second-order valence-corrected chi connectivity index (χ2v) is 12.7. The summed E-state index contributed by atoms with van der Waals surface area (Å²) in [5.74, 6) is -1.02. The van der Waals surface area contributed by atoms with Crippen LogP contribution in [-0.4, -0.2) is 29.0 Å². The molecule has 42 heavy (non-hydrogen) atoms. The van der Waals surface area contributed by atoms with Crippen LogP contribution in [0.5, 0.6) is 0 Å². The number of amides is 1. The monoisotopic (exact) mass is 621 g/mol. The van der Waals surface area contributed by atoms with Crippen molar-refractivity contribution in [2.75, 3.05) is 20.6 Å². The van der Waals surface area contributed by atoms with Crippen LogP contribution in [0.25, 0.3) is 0 Å². The van der Waals surface area contributed by atoms with Gasteiger partial charge in [0.25, 0.3) is 15.9 Å². The zero-order valence-corrected chi connectivity index (χ0v) is 23.4. The number of hydrogen-bond acceptors (Lipinski definition) is 5. The van der Waals surface area contributed by atoms with Gasteiger partial charge in [-0.05, 0) is 84.4 Å². The van der Waals surface area contributed by atoms with E-state index in [2.05, 4.69) is 10.0 Å². The van der Waals surface area contributed by atoms with E-state index in [1.54, 1.807) is 0 Å². The van der Waals surface area contributed by atoms with E-state index in [9.17, 15) is 39.2 Å². The summed E-state index contributed by atoms with van der Waals surface area (Å²) < 4.78 is 105. The first-order chi connectivity index (χ1) is 19.6. The number of benzene rings is 4. The molecule has 0 saturated carbocycles. The van der Waals surface area contributed by atoms with E-state index in [0.29, 0.717) is 11.6 Å². The summed E-state index contributed by atoms with van der Waals surface area (Å²) in [7, 11) is -7.94. The average molecular weight is 622 g/mol. The maximum Gasteiger partial charge on any atom is 0.416 e. The van der Waals surface area contributed by atoms with Gasteiger partial charge in [0.2, 0.25) is 10.0 Å². The van der Waals surface area contributed by atoms with Gasteiger partial charge in [0.05, 0.1) is 28.9 Å². The molecule has 0 fully saturated rings. The highest BCUT2D eigenvalue weighted by Gasteiger charge is 2.30. The largest absolute Gasteiger partial charge is 0.416 e. The first-order valence-corrected chi connectivity index (χ1v) is 15.4. The number of anilines is 3. The van der Waals surface area contributed by atoms with Gasteiger partial charge in [-0.15, -0.1) is 0 Å². The minimum absolute atomic E-state index is 0.0530. The van der Waals surface area contributed by atoms with Crippen molar-refractivity contribution in [3.63, 3.8) is 0 Å². The molecule has 4 rings (SSSR count). The molecule has 1 amide bonds. The van der Waals surface area contributed by atoms with Crippen molar-refractivity contribution >= 4 is 43.0 Å². The van der Waals surface area contributed by atoms with Crippen LogP contribution in [0.15, 0.2) is 102 Å². The Morgan fingerprint density at radius 1 is 0.810 bits per heavy atom. The van der Waals surface area contributed by atoms with E-state index in [4.69, 9.17) is 0 Å². The molecular formula is C28H23F4N3O5S2. The van der Waals surface area contributed by atoms with Crippen LogP contribution in [-0.2, 0) is 32.8 Å². The third kappa shape index (κ3) is 7.64. The fourth-order valence-electron chi connectivity index (χ4n) is 3.83. The molecule has 0 saturated heterocycles. The van der Waals surface area contributed by atoms with Crippen molar-refractivity contribution in [3.8, 4) is 0 Å². The highest BCUT2D eigenvalue weighted by Crippen LogP contribution is 2.31. The van der Waals surface area contributed by atoms with Crippen LogP contribution in [0.3, 0.4) is 0 Å². The number of sulfonamides is 2. The van der Waals surface area contributed by atoms with Gasteiger partial charge in [-0.25, -0.2) is 21.2 Å². The molecular weight excluding hydrogens is 598 g/mol. The molecule has 0 heterocycles. The standard InChI is InChI=1S/C28H23F4N3O5S2/c1-41(37,38)35(18-19-5-9-22(29)10-6-19)25-13-7-20(8-14-25)27(36)33-23-11-15-26(16-12-23)42(39,40)34-24-4-2-3-21(17-24)28(30,31)32/h2-17,34H,18H2,1H3,(H,33,36). The highest BCUT2D eigenvalue weighted by atomic mass is 32.2. The third-order valence-corrected chi connectivity index (χ3v) is 8.46. The number of nitrogens with one attached hydrogen (secondary N) is 2. The van der Waals surface area contributed by atoms with Crippen LogP contribution in [0.2, 0.25) is 0 Å². The van der Waals surface area contributed by atoms with Gasteiger partial charge >= 0.3 is 6.18 Å². The van der Waals surface area contributed by atoms with E-state index >= 15 is 0 Å². The fraction of sp³-hybridized carbons (Fsp3) is 0.107. The number of alkyl halides is 3. The lowest BCUT2D eigenvalue weighted by atomic mass is 10.1. The van der Waals surface area contributed by atoms with E-state index in [1.807, 2.05) is 0 Å². The minimum atomic E-state index is -4.64. The van der Waals surface area contributed by atoms with E-state index < -0.39 is 43.5 Å². The Labute approximate surface area is 239 Å². The molecule has 0 aliphatic carbocycles. The molecule has 0 bridgehead atoms. The van der Waals surface area contributed by atoms with Crippen molar-refractivity contribution in [1.29, 1.82) is 0 Å². The molecule has 8 nitrogen and oxygen atoms in total. The fourth-order valence-corrected chi connectivity index (χ4v) is 5.77. The Morgan fingerprint density at radius 3 is 2.00 bits per heavy atom. The van der Waals surface area contributed by atoms with Crippen molar-refractivity contribution < 1.29 is 39.2 Å². The predicted octanol–water partition coefficient (Wildman–Crippen LogP) is 5.86. The normalized spacial score (nSPS) is 12.0. The second kappa shape index (κ2) is 11.8. The van der Waals surface area contributed by atoms with Gasteiger partial charge in [-0.2, -0.15) is 13.2 Å². The summed E-state index contributed by atoms with van der Waals surface area (Å²) in [6.07, 6.45) is -3.62. The van der Waals surface area contributed by atoms with Crippen molar-refractivity contribution in [2.24, 2.45) is 0 Å². The highest BCUT2D eigenvalue weighted by molar-refractivity contribution is 7.92. The van der Waals surface area contributed by atoms with Crippen molar-refractivity contribution in [1.82, 2.24) is 0 Å². The topological polar surface area (TPSA) is 113 Å². The SMILES string of the molecule is CS(=O)(=O)N(Cc1ccc(F)cc1)c1ccc(C(=O)Nc2ccc(S(=O)(=O)Nc3cccc(C(F)(F)F)c3)cc2)cc1. The number of carbonyl (C=O) groups excluding carboxylic acids is 1. The predicted molar refractivity (Wildman–Crippen MR) is 151 cm³/mol. The molecule has 0 radical (unpaired) electrons. The van der Waals surface area contributed by atoms with Gasteiger partial charge in [-0.3, -0.25) is 13.8 Å². The lowest BCUT2D eigenvalue weighted by molar-refractivity contribution is -0.137. The van der Waals surface area contributed by atoms with Gasteiger partial charge in [0.15, 0.2) is 0 Å². The lowest BCUT2D eigenvalue weighted by Gasteiger charge is -2.22. The lowest BCUT2D eigenvalue weighted by Crippen LogP contribution is -2.29. The minimum Gasteiger partial charge on any atom is -0.322 e. The number of carbonyl (C=O) groups is 1. The summed E-state index contributed by atoms with van der Waals surface area (Å²) in [5.41, 5.74) is -0.0307. The van der Waals surface area contributed by atoms with Gasteiger partial charge in [-0.1, -0.05) is 18.2 Å². The summed E-state index contributed by atoms with van der Waals surface area (Å²) in [4.78, 5) is 12.5. The molecule has 0 atom stereocenters. The molecule has 0 unspecified atom stereocenters. The molecule has 14 heteroatoms.